The highest BCUT2D eigenvalue weighted by atomic mass is 14.3. The third kappa shape index (κ3) is 34.0. The van der Waals surface area contributed by atoms with Crippen LogP contribution < -0.4 is 0 Å². The minimum atomic E-state index is 0.500. The van der Waals surface area contributed by atoms with Crippen molar-refractivity contribution in [2.75, 3.05) is 0 Å². The molecule has 0 spiro atoms. The van der Waals surface area contributed by atoms with E-state index in [9.17, 15) is 0 Å². The maximum Gasteiger partial charge on any atom is -0.0328 e. The Morgan fingerprint density at radius 2 is 0.889 bits per heavy atom. The first-order chi connectivity index (χ1) is 29.6. The Bertz CT molecular complexity index is 931. The standard InChI is InChI=1S/8C7H14.C7H16/c1-6-3-4-7(2)5-6;1-7(2)5-3-4-6-7;1-6-4-3-5-7(6)2;1-6(2)7-4-3-5-7;1-7-5-3-2-4-6-7;1-3-7(2)5-4-6-7;1-2-7-5-3-4-6-7;1-2-4-7-5-3-6-7;1-6(2)7(3,4)5/h6-7H,3-5H2,1-2H3;3-6H2,1-2H3;2*6-7H,3-5H2,1-2H3;7H,2-6H2,1H3;3-6H2,1-2H3;2*7H,2-6H2,1H3;6H,1-5H3/t6-,7?;;6-,7?;;;;;;/m1.1....../s1. The van der Waals surface area contributed by atoms with Gasteiger partial charge < -0.3 is 0 Å². The fourth-order valence-electron chi connectivity index (χ4n) is 10.3. The third-order valence-corrected chi connectivity index (χ3v) is 18.3. The molecule has 0 N–H and O–H groups in total. The molecular formula is C63H128. The van der Waals surface area contributed by atoms with E-state index in [1.165, 1.54) is 205 Å². The van der Waals surface area contributed by atoms with E-state index in [0.717, 1.165) is 64.6 Å². The molecule has 2 unspecified atom stereocenters. The lowest BCUT2D eigenvalue weighted by Crippen LogP contribution is -2.23. The minimum absolute atomic E-state index is 0.500. The molecule has 0 saturated heterocycles. The molecule has 0 aromatic carbocycles. The lowest BCUT2D eigenvalue weighted by atomic mass is 9.69. The molecular weight excluding hydrogens is 757 g/mol. The summed E-state index contributed by atoms with van der Waals surface area (Å²) in [5.41, 5.74) is 1.96. The predicted octanol–water partition coefficient (Wildman–Crippen LogP) is 22.9. The van der Waals surface area contributed by atoms with Crippen molar-refractivity contribution in [2.45, 2.75) is 330 Å². The first-order valence-corrected chi connectivity index (χ1v) is 29.6. The van der Waals surface area contributed by atoms with Crippen LogP contribution in [0.3, 0.4) is 0 Å². The highest BCUT2D eigenvalue weighted by molar-refractivity contribution is 4.81. The van der Waals surface area contributed by atoms with Crippen LogP contribution in [0.2, 0.25) is 0 Å². The van der Waals surface area contributed by atoms with Crippen LogP contribution in [0.4, 0.5) is 0 Å². The quantitative estimate of drug-likeness (QED) is 0.258. The van der Waals surface area contributed by atoms with Crippen LogP contribution >= 0.6 is 0 Å². The Kier molecular flexibility index (Phi) is 36.0. The molecule has 0 nitrogen and oxygen atoms in total. The molecule has 4 atom stereocenters. The molecule has 0 amide bonds. The van der Waals surface area contributed by atoms with Gasteiger partial charge in [-0.3, -0.25) is 0 Å². The molecule has 0 heterocycles. The zero-order valence-electron chi connectivity index (χ0n) is 47.9. The van der Waals surface area contributed by atoms with Crippen LogP contribution in [0, 0.1) is 75.4 Å². The molecule has 0 aromatic heterocycles. The van der Waals surface area contributed by atoms with Crippen molar-refractivity contribution in [3.63, 3.8) is 0 Å². The van der Waals surface area contributed by atoms with Crippen molar-refractivity contribution in [3.8, 4) is 0 Å². The molecule has 8 saturated carbocycles. The van der Waals surface area contributed by atoms with Crippen molar-refractivity contribution in [2.24, 2.45) is 75.4 Å². The van der Waals surface area contributed by atoms with Crippen molar-refractivity contribution in [1.82, 2.24) is 0 Å². The third-order valence-electron chi connectivity index (χ3n) is 18.3. The molecule has 0 bridgehead atoms. The normalized spacial score (nSPS) is 27.2. The van der Waals surface area contributed by atoms with Gasteiger partial charge in [-0.15, -0.1) is 0 Å². The van der Waals surface area contributed by atoms with Crippen molar-refractivity contribution >= 4 is 0 Å². The molecule has 8 aliphatic carbocycles. The maximum atomic E-state index is 2.39. The summed E-state index contributed by atoms with van der Waals surface area (Å²) in [6.45, 7) is 41.7. The average Bonchev–Trinajstić information content (AvgIpc) is 4.01. The van der Waals surface area contributed by atoms with Gasteiger partial charge in [0.05, 0.1) is 0 Å². The van der Waals surface area contributed by atoms with Crippen LogP contribution in [0.25, 0.3) is 0 Å². The molecule has 8 fully saturated rings. The van der Waals surface area contributed by atoms with Gasteiger partial charge in [-0.2, -0.15) is 0 Å². The van der Waals surface area contributed by atoms with Gasteiger partial charge in [0, 0.05) is 0 Å². The Balaban J connectivity index is 0.000000686. The van der Waals surface area contributed by atoms with E-state index in [2.05, 4.69) is 125 Å². The zero-order chi connectivity index (χ0) is 47.9. The van der Waals surface area contributed by atoms with E-state index < -0.39 is 0 Å². The topological polar surface area (TPSA) is 0 Å². The number of rotatable bonds is 5. The predicted molar refractivity (Wildman–Crippen MR) is 292 cm³/mol. The fourth-order valence-corrected chi connectivity index (χ4v) is 10.3. The van der Waals surface area contributed by atoms with Gasteiger partial charge in [0.1, 0.15) is 0 Å². The van der Waals surface area contributed by atoms with E-state index >= 15 is 0 Å². The second-order valence-electron chi connectivity index (χ2n) is 26.6. The maximum absolute atomic E-state index is 2.39. The lowest BCUT2D eigenvalue weighted by Gasteiger charge is -2.37. The first kappa shape index (κ1) is 63.0. The van der Waals surface area contributed by atoms with Crippen molar-refractivity contribution in [3.05, 3.63) is 0 Å². The van der Waals surface area contributed by atoms with Crippen molar-refractivity contribution < 1.29 is 0 Å². The van der Waals surface area contributed by atoms with E-state index in [1.54, 1.807) is 0 Å². The van der Waals surface area contributed by atoms with Crippen LogP contribution in [0.5, 0.6) is 0 Å². The smallest absolute Gasteiger partial charge is 0.0328 e. The van der Waals surface area contributed by atoms with Gasteiger partial charge in [0.15, 0.2) is 0 Å². The van der Waals surface area contributed by atoms with Crippen LogP contribution in [-0.4, -0.2) is 0 Å². The Morgan fingerprint density at radius 1 is 0.460 bits per heavy atom. The summed E-state index contributed by atoms with van der Waals surface area (Å²) >= 11 is 0. The summed E-state index contributed by atoms with van der Waals surface area (Å²) in [6.07, 6.45) is 47.3. The van der Waals surface area contributed by atoms with Gasteiger partial charge >= 0.3 is 0 Å². The zero-order valence-corrected chi connectivity index (χ0v) is 47.9. The molecule has 380 valence electrons. The summed E-state index contributed by atoms with van der Waals surface area (Å²) in [7, 11) is 0. The summed E-state index contributed by atoms with van der Waals surface area (Å²) in [6, 6.07) is 0. The molecule has 0 aliphatic heterocycles. The van der Waals surface area contributed by atoms with Crippen LogP contribution in [0.15, 0.2) is 0 Å². The summed E-state index contributed by atoms with van der Waals surface area (Å²) < 4.78 is 0. The Labute approximate surface area is 403 Å². The van der Waals surface area contributed by atoms with Gasteiger partial charge in [0.25, 0.3) is 0 Å². The summed E-state index contributed by atoms with van der Waals surface area (Å²) in [4.78, 5) is 0. The molecule has 8 rings (SSSR count). The van der Waals surface area contributed by atoms with Gasteiger partial charge in [-0.25, -0.2) is 0 Å². The summed E-state index contributed by atoms with van der Waals surface area (Å²) in [5.74, 6) is 10.2. The highest BCUT2D eigenvalue weighted by Gasteiger charge is 2.29. The highest BCUT2D eigenvalue weighted by Crippen LogP contribution is 2.43. The largest absolute Gasteiger partial charge is 0.0654 e. The lowest BCUT2D eigenvalue weighted by molar-refractivity contribution is 0.155. The van der Waals surface area contributed by atoms with Crippen LogP contribution in [0.1, 0.15) is 330 Å². The van der Waals surface area contributed by atoms with Gasteiger partial charge in [-0.1, -0.05) is 298 Å². The molecule has 0 radical (unpaired) electrons. The molecule has 63 heavy (non-hydrogen) atoms. The minimum Gasteiger partial charge on any atom is -0.0654 e. The molecule has 0 aromatic rings. The van der Waals surface area contributed by atoms with E-state index in [-0.39, 0.29) is 0 Å². The molecule has 8 aliphatic rings. The average molecular weight is 886 g/mol. The monoisotopic (exact) mass is 885 g/mol. The first-order valence-electron chi connectivity index (χ1n) is 29.6. The van der Waals surface area contributed by atoms with E-state index in [0.29, 0.717) is 10.8 Å². The van der Waals surface area contributed by atoms with Crippen LogP contribution in [-0.2, 0) is 0 Å². The number of hydrogen-bond acceptors (Lipinski definition) is 0. The second kappa shape index (κ2) is 36.0. The van der Waals surface area contributed by atoms with Gasteiger partial charge in [-0.05, 0) is 108 Å². The summed E-state index contributed by atoms with van der Waals surface area (Å²) in [5, 5.41) is 0. The Hall–Kier alpha value is 0. The van der Waals surface area contributed by atoms with E-state index in [4.69, 9.17) is 0 Å². The second-order valence-corrected chi connectivity index (χ2v) is 26.6. The number of hydrogen-bond donors (Lipinski definition) is 0. The molecule has 0 heteroatoms. The van der Waals surface area contributed by atoms with Gasteiger partial charge in [0.2, 0.25) is 0 Å². The van der Waals surface area contributed by atoms with Crippen molar-refractivity contribution in [1.29, 1.82) is 0 Å². The fraction of sp³-hybridized carbons (Fsp3) is 1.00. The Morgan fingerprint density at radius 3 is 1.02 bits per heavy atom. The van der Waals surface area contributed by atoms with E-state index in [1.807, 2.05) is 0 Å². The SMILES string of the molecule is CC(C)C(C)(C)C.CC(C)C1CCC1.CC1(C)CCCC1.CC1CCCCC1.CC1CCC[C@H]1C.CC1CC[C@@H](C)C1.CCC1(C)CCC1.CCC1CCCC1.CCCC1CCC1.